The molecule has 0 radical (unpaired) electrons. The molecule has 0 unspecified atom stereocenters. The Hall–Kier alpha value is -1.63. The third-order valence-corrected chi connectivity index (χ3v) is 2.28. The van der Waals surface area contributed by atoms with Gasteiger partial charge in [-0.15, -0.1) is 0 Å². The van der Waals surface area contributed by atoms with E-state index in [1.54, 1.807) is 23.9 Å². The van der Waals surface area contributed by atoms with Crippen LogP contribution in [0.3, 0.4) is 0 Å². The number of H-pyrrole nitrogens is 1. The van der Waals surface area contributed by atoms with Gasteiger partial charge in [0.1, 0.15) is 12.0 Å². The molecule has 0 atom stereocenters. The molecule has 0 aliphatic rings. The van der Waals surface area contributed by atoms with Crippen LogP contribution in [0.25, 0.3) is 0 Å². The van der Waals surface area contributed by atoms with Crippen molar-refractivity contribution in [2.75, 3.05) is 5.32 Å². The van der Waals surface area contributed by atoms with Crippen molar-refractivity contribution in [3.05, 3.63) is 28.8 Å². The summed E-state index contributed by atoms with van der Waals surface area (Å²) in [6, 6.07) is 1.73. The van der Waals surface area contributed by atoms with Crippen molar-refractivity contribution in [3.63, 3.8) is 0 Å². The molecule has 2 aromatic rings. The van der Waals surface area contributed by atoms with Crippen LogP contribution in [-0.2, 0) is 7.05 Å². The van der Waals surface area contributed by atoms with Crippen LogP contribution in [0.15, 0.2) is 23.1 Å². The van der Waals surface area contributed by atoms with Crippen LogP contribution < -0.4 is 5.32 Å². The summed E-state index contributed by atoms with van der Waals surface area (Å²) in [4.78, 5) is 15.5. The average Bonchev–Trinajstić information content (AvgIpc) is 2.75. The molecule has 0 aliphatic carbocycles. The summed E-state index contributed by atoms with van der Waals surface area (Å²) in [5, 5.41) is 8.76. The topological polar surface area (TPSA) is 75.6 Å². The molecule has 2 N–H and O–H groups in total. The van der Waals surface area contributed by atoms with Gasteiger partial charge >= 0.3 is 0 Å². The molecule has 2 aromatic heterocycles. The standard InChI is InChI=1S/C8H8BrN5O/c1-14-3-5(9)2-6(14)7(15)12-8-10-4-11-13-8/h2-4H,1H3,(H2,10,11,12,13,15). The third kappa shape index (κ3) is 2.07. The summed E-state index contributed by atoms with van der Waals surface area (Å²) in [6.45, 7) is 0. The second-order valence-corrected chi connectivity index (χ2v) is 3.86. The van der Waals surface area contributed by atoms with E-state index in [4.69, 9.17) is 0 Å². The van der Waals surface area contributed by atoms with Gasteiger partial charge in [0.05, 0.1) is 0 Å². The lowest BCUT2D eigenvalue weighted by atomic mass is 10.4. The van der Waals surface area contributed by atoms with Crippen LogP contribution in [0.5, 0.6) is 0 Å². The van der Waals surface area contributed by atoms with E-state index in [1.807, 2.05) is 0 Å². The quantitative estimate of drug-likeness (QED) is 0.859. The van der Waals surface area contributed by atoms with Gasteiger partial charge in [0.25, 0.3) is 5.91 Å². The van der Waals surface area contributed by atoms with Crippen LogP contribution in [0, 0.1) is 0 Å². The lowest BCUT2D eigenvalue weighted by molar-refractivity contribution is 0.101. The molecule has 6 nitrogen and oxygen atoms in total. The number of hydrogen-bond acceptors (Lipinski definition) is 3. The van der Waals surface area contributed by atoms with Crippen LogP contribution in [0.4, 0.5) is 5.95 Å². The molecule has 1 amide bonds. The first-order valence-corrected chi connectivity index (χ1v) is 4.94. The van der Waals surface area contributed by atoms with Crippen molar-refractivity contribution in [1.82, 2.24) is 19.7 Å². The minimum atomic E-state index is -0.236. The molecule has 0 fully saturated rings. The van der Waals surface area contributed by atoms with Crippen molar-refractivity contribution in [1.29, 1.82) is 0 Å². The molecular weight excluding hydrogens is 262 g/mol. The Morgan fingerprint density at radius 2 is 2.47 bits per heavy atom. The Balaban J connectivity index is 2.18. The van der Waals surface area contributed by atoms with Crippen LogP contribution in [-0.4, -0.2) is 25.7 Å². The van der Waals surface area contributed by atoms with Crippen molar-refractivity contribution >= 4 is 27.8 Å². The number of nitrogens with one attached hydrogen (secondary N) is 2. The Morgan fingerprint density at radius 3 is 3.00 bits per heavy atom. The van der Waals surface area contributed by atoms with Crippen LogP contribution >= 0.6 is 15.9 Å². The number of carbonyl (C=O) groups excluding carboxylic acids is 1. The Bertz CT molecular complexity index is 475. The van der Waals surface area contributed by atoms with Crippen molar-refractivity contribution in [2.45, 2.75) is 0 Å². The van der Waals surface area contributed by atoms with Gasteiger partial charge in [-0.2, -0.15) is 10.1 Å². The van der Waals surface area contributed by atoms with Crippen molar-refractivity contribution in [3.8, 4) is 0 Å². The van der Waals surface area contributed by atoms with Crippen LogP contribution in [0.1, 0.15) is 10.5 Å². The Kier molecular flexibility index (Phi) is 2.55. The number of halogens is 1. The van der Waals surface area contributed by atoms with E-state index in [-0.39, 0.29) is 5.91 Å². The largest absolute Gasteiger partial charge is 0.345 e. The van der Waals surface area contributed by atoms with Gasteiger partial charge < -0.3 is 4.57 Å². The number of aryl methyl sites for hydroxylation is 1. The van der Waals surface area contributed by atoms with Gasteiger partial charge in [0, 0.05) is 17.7 Å². The summed E-state index contributed by atoms with van der Waals surface area (Å²) in [5.41, 5.74) is 0.540. The monoisotopic (exact) mass is 269 g/mol. The zero-order valence-corrected chi connectivity index (χ0v) is 9.45. The molecule has 2 rings (SSSR count). The van der Waals surface area contributed by atoms with Crippen molar-refractivity contribution in [2.24, 2.45) is 7.05 Å². The Labute approximate surface area is 93.8 Å². The maximum absolute atomic E-state index is 11.7. The number of aromatic amines is 1. The highest BCUT2D eigenvalue weighted by molar-refractivity contribution is 9.10. The predicted molar refractivity (Wildman–Crippen MR) is 57.4 cm³/mol. The second kappa shape index (κ2) is 3.85. The van der Waals surface area contributed by atoms with Gasteiger partial charge in [-0.1, -0.05) is 0 Å². The molecule has 7 heteroatoms. The summed E-state index contributed by atoms with van der Waals surface area (Å²) < 4.78 is 2.57. The summed E-state index contributed by atoms with van der Waals surface area (Å²) >= 11 is 3.29. The molecule has 78 valence electrons. The summed E-state index contributed by atoms with van der Waals surface area (Å²) in [7, 11) is 1.79. The van der Waals surface area contributed by atoms with E-state index in [2.05, 4.69) is 36.4 Å². The number of carbonyl (C=O) groups is 1. The molecule has 0 aromatic carbocycles. The number of amides is 1. The summed E-state index contributed by atoms with van der Waals surface area (Å²) in [5.74, 6) is 0.0947. The Morgan fingerprint density at radius 1 is 1.67 bits per heavy atom. The van der Waals surface area contributed by atoms with Crippen LogP contribution in [0.2, 0.25) is 0 Å². The van der Waals surface area contributed by atoms with Gasteiger partial charge in [0.2, 0.25) is 5.95 Å². The molecule has 0 spiro atoms. The zero-order chi connectivity index (χ0) is 10.8. The smallest absolute Gasteiger partial charge is 0.274 e. The number of rotatable bonds is 2. The lowest BCUT2D eigenvalue weighted by Gasteiger charge is -2.01. The number of nitrogens with zero attached hydrogens (tertiary/aromatic N) is 3. The molecule has 0 saturated carbocycles. The average molecular weight is 270 g/mol. The molecule has 0 bridgehead atoms. The number of aromatic nitrogens is 4. The van der Waals surface area contributed by atoms with Gasteiger partial charge in [-0.25, -0.2) is 5.10 Å². The first-order valence-electron chi connectivity index (χ1n) is 4.15. The molecule has 2 heterocycles. The fourth-order valence-electron chi connectivity index (χ4n) is 1.19. The molecule has 15 heavy (non-hydrogen) atoms. The highest BCUT2D eigenvalue weighted by atomic mass is 79.9. The third-order valence-electron chi connectivity index (χ3n) is 1.85. The maximum Gasteiger partial charge on any atom is 0.274 e. The van der Waals surface area contributed by atoms with E-state index in [0.29, 0.717) is 11.6 Å². The van der Waals surface area contributed by atoms with Gasteiger partial charge in [-0.3, -0.25) is 10.1 Å². The fraction of sp³-hybridized carbons (Fsp3) is 0.125. The number of anilines is 1. The molecule has 0 saturated heterocycles. The SMILES string of the molecule is Cn1cc(Br)cc1C(=O)Nc1ncn[nH]1. The molecular formula is C8H8BrN5O. The normalized spacial score (nSPS) is 10.3. The predicted octanol–water partition coefficient (Wildman–Crippen LogP) is 1.16. The van der Waals surface area contributed by atoms with E-state index in [1.165, 1.54) is 6.33 Å². The van der Waals surface area contributed by atoms with E-state index in [9.17, 15) is 4.79 Å². The van der Waals surface area contributed by atoms with E-state index >= 15 is 0 Å². The second-order valence-electron chi connectivity index (χ2n) is 2.94. The first kappa shape index (κ1) is 9.91. The summed E-state index contributed by atoms with van der Waals surface area (Å²) in [6.07, 6.45) is 3.13. The van der Waals surface area contributed by atoms with Crippen molar-refractivity contribution < 1.29 is 4.79 Å². The number of hydrogen-bond donors (Lipinski definition) is 2. The van der Waals surface area contributed by atoms with Gasteiger partial charge in [-0.05, 0) is 22.0 Å². The van der Waals surface area contributed by atoms with Gasteiger partial charge in [0.15, 0.2) is 0 Å². The maximum atomic E-state index is 11.7. The van der Waals surface area contributed by atoms with E-state index in [0.717, 1.165) is 4.47 Å². The lowest BCUT2D eigenvalue weighted by Crippen LogP contribution is -2.16. The highest BCUT2D eigenvalue weighted by Gasteiger charge is 2.11. The minimum absolute atomic E-state index is 0.236. The fourth-order valence-corrected chi connectivity index (χ4v) is 1.71. The zero-order valence-electron chi connectivity index (χ0n) is 7.86. The minimum Gasteiger partial charge on any atom is -0.345 e. The van der Waals surface area contributed by atoms with E-state index < -0.39 is 0 Å². The molecule has 0 aliphatic heterocycles. The highest BCUT2D eigenvalue weighted by Crippen LogP contribution is 2.14. The first-order chi connectivity index (χ1) is 7.16.